The van der Waals surface area contributed by atoms with Crippen LogP contribution >= 0.6 is 11.3 Å². The molecule has 0 aromatic carbocycles. The van der Waals surface area contributed by atoms with E-state index >= 15 is 0 Å². The van der Waals surface area contributed by atoms with E-state index in [1.54, 1.807) is 0 Å². The number of morpholine rings is 1. The van der Waals surface area contributed by atoms with Crippen molar-refractivity contribution in [2.45, 2.75) is 59.2 Å². The van der Waals surface area contributed by atoms with E-state index in [4.69, 9.17) is 4.74 Å². The van der Waals surface area contributed by atoms with Gasteiger partial charge in [-0.3, -0.25) is 9.69 Å². The molecule has 130 valence electrons. The summed E-state index contributed by atoms with van der Waals surface area (Å²) in [5.74, 6) is -0.00939. The Hall–Kier alpha value is -0.980. The standard InChI is InChI=1S/C17H29N3O2S/c1-11-9-20(10-12(2)22-11)8-7-18-15(21)14-13(3)19-16(23-14)17(4,5)6/h11-12H,7-10H2,1-6H3,(H,18,21)/t11-,12-/m0/s1. The van der Waals surface area contributed by atoms with Crippen LogP contribution in [0.5, 0.6) is 0 Å². The van der Waals surface area contributed by atoms with Crippen molar-refractivity contribution in [3.05, 3.63) is 15.6 Å². The fourth-order valence-electron chi connectivity index (χ4n) is 2.80. The number of thiazole rings is 1. The van der Waals surface area contributed by atoms with Crippen molar-refractivity contribution < 1.29 is 9.53 Å². The predicted octanol–water partition coefficient (Wildman–Crippen LogP) is 2.59. The van der Waals surface area contributed by atoms with Gasteiger partial charge in [-0.2, -0.15) is 0 Å². The lowest BCUT2D eigenvalue weighted by Gasteiger charge is -2.35. The van der Waals surface area contributed by atoms with Crippen molar-refractivity contribution >= 4 is 17.2 Å². The molecule has 1 aliphatic heterocycles. The summed E-state index contributed by atoms with van der Waals surface area (Å²) in [6.45, 7) is 15.8. The van der Waals surface area contributed by atoms with Crippen LogP contribution in [-0.2, 0) is 10.2 Å². The van der Waals surface area contributed by atoms with E-state index in [0.29, 0.717) is 6.54 Å². The molecule has 6 heteroatoms. The Bertz CT molecular complexity index is 541. The maximum absolute atomic E-state index is 12.4. The zero-order valence-electron chi connectivity index (χ0n) is 15.1. The van der Waals surface area contributed by atoms with Gasteiger partial charge in [0.2, 0.25) is 0 Å². The van der Waals surface area contributed by atoms with Crippen LogP contribution in [-0.4, -0.2) is 54.2 Å². The molecular formula is C17H29N3O2S. The summed E-state index contributed by atoms with van der Waals surface area (Å²) in [6.07, 6.45) is 0.514. The third kappa shape index (κ3) is 4.99. The second-order valence-corrected chi connectivity index (χ2v) is 8.46. The topological polar surface area (TPSA) is 54.5 Å². The highest BCUT2D eigenvalue weighted by Gasteiger charge is 2.24. The molecule has 2 rings (SSSR count). The number of hydrogen-bond donors (Lipinski definition) is 1. The second-order valence-electron chi connectivity index (χ2n) is 7.46. The van der Waals surface area contributed by atoms with Crippen molar-refractivity contribution in [1.29, 1.82) is 0 Å². The number of ether oxygens (including phenoxy) is 1. The van der Waals surface area contributed by atoms with Crippen LogP contribution in [0, 0.1) is 6.92 Å². The SMILES string of the molecule is Cc1nc(C(C)(C)C)sc1C(=O)NCCN1C[C@H](C)O[C@@H](C)C1. The number of nitrogens with one attached hydrogen (secondary N) is 1. The fraction of sp³-hybridized carbons (Fsp3) is 0.765. The number of carbonyl (C=O) groups excluding carboxylic acids is 1. The van der Waals surface area contributed by atoms with Crippen LogP contribution < -0.4 is 5.32 Å². The van der Waals surface area contributed by atoms with Gasteiger partial charge >= 0.3 is 0 Å². The van der Waals surface area contributed by atoms with E-state index in [9.17, 15) is 4.79 Å². The van der Waals surface area contributed by atoms with Crippen LogP contribution in [0.2, 0.25) is 0 Å². The third-order valence-electron chi connectivity index (χ3n) is 3.85. The number of carbonyl (C=O) groups is 1. The smallest absolute Gasteiger partial charge is 0.263 e. The Morgan fingerprint density at radius 2 is 1.96 bits per heavy atom. The Balaban J connectivity index is 1.87. The quantitative estimate of drug-likeness (QED) is 0.916. The van der Waals surface area contributed by atoms with Gasteiger partial charge < -0.3 is 10.1 Å². The molecule has 1 fully saturated rings. The minimum absolute atomic E-state index is 0.00939. The summed E-state index contributed by atoms with van der Waals surface area (Å²) >= 11 is 1.50. The van der Waals surface area contributed by atoms with Gasteiger partial charge in [-0.25, -0.2) is 4.98 Å². The van der Waals surface area contributed by atoms with Crippen LogP contribution in [0.4, 0.5) is 0 Å². The molecule has 2 atom stereocenters. The lowest BCUT2D eigenvalue weighted by atomic mass is 9.98. The second kappa shape index (κ2) is 7.28. The van der Waals surface area contributed by atoms with Crippen molar-refractivity contribution in [2.75, 3.05) is 26.2 Å². The average Bonchev–Trinajstić information content (AvgIpc) is 2.79. The van der Waals surface area contributed by atoms with E-state index in [1.165, 1.54) is 11.3 Å². The molecule has 0 aliphatic carbocycles. The molecule has 1 N–H and O–H groups in total. The molecule has 0 radical (unpaired) electrons. The molecule has 23 heavy (non-hydrogen) atoms. The first-order chi connectivity index (χ1) is 10.7. The predicted molar refractivity (Wildman–Crippen MR) is 94.3 cm³/mol. The monoisotopic (exact) mass is 339 g/mol. The van der Waals surface area contributed by atoms with E-state index in [-0.39, 0.29) is 23.5 Å². The average molecular weight is 340 g/mol. The van der Waals surface area contributed by atoms with E-state index in [0.717, 1.165) is 35.2 Å². The van der Waals surface area contributed by atoms with E-state index < -0.39 is 0 Å². The summed E-state index contributed by atoms with van der Waals surface area (Å²) < 4.78 is 5.73. The molecule has 1 aliphatic rings. The number of nitrogens with zero attached hydrogens (tertiary/aromatic N) is 2. The normalized spacial score (nSPS) is 23.0. The van der Waals surface area contributed by atoms with Gasteiger partial charge in [-0.15, -0.1) is 11.3 Å². The first kappa shape index (κ1) is 18.4. The molecule has 0 unspecified atom stereocenters. The lowest BCUT2D eigenvalue weighted by Crippen LogP contribution is -2.47. The van der Waals surface area contributed by atoms with Crippen molar-refractivity contribution in [1.82, 2.24) is 15.2 Å². The maximum Gasteiger partial charge on any atom is 0.263 e. The van der Waals surface area contributed by atoms with Gasteiger partial charge in [-0.05, 0) is 20.8 Å². The summed E-state index contributed by atoms with van der Waals surface area (Å²) in [7, 11) is 0. The molecular weight excluding hydrogens is 310 g/mol. The molecule has 0 spiro atoms. The zero-order valence-corrected chi connectivity index (χ0v) is 15.9. The largest absolute Gasteiger partial charge is 0.373 e. The number of aromatic nitrogens is 1. The zero-order chi connectivity index (χ0) is 17.2. The van der Waals surface area contributed by atoms with Crippen LogP contribution in [0.15, 0.2) is 0 Å². The van der Waals surface area contributed by atoms with Gasteiger partial charge in [0.25, 0.3) is 5.91 Å². The van der Waals surface area contributed by atoms with Crippen molar-refractivity contribution in [3.8, 4) is 0 Å². The number of rotatable bonds is 4. The molecule has 1 amide bonds. The van der Waals surface area contributed by atoms with Crippen LogP contribution in [0.1, 0.15) is 55.0 Å². The Morgan fingerprint density at radius 1 is 1.35 bits per heavy atom. The molecule has 1 saturated heterocycles. The Labute approximate surface area is 143 Å². The summed E-state index contributed by atoms with van der Waals surface area (Å²) in [5, 5.41) is 4.04. The molecule has 1 aromatic rings. The Morgan fingerprint density at radius 3 is 2.48 bits per heavy atom. The van der Waals surface area contributed by atoms with Crippen LogP contribution in [0.25, 0.3) is 0 Å². The highest BCUT2D eigenvalue weighted by molar-refractivity contribution is 7.14. The lowest BCUT2D eigenvalue weighted by molar-refractivity contribution is -0.0672. The summed E-state index contributed by atoms with van der Waals surface area (Å²) in [6, 6.07) is 0. The van der Waals surface area contributed by atoms with Gasteiger partial charge in [-0.1, -0.05) is 20.8 Å². The Kier molecular flexibility index (Phi) is 5.81. The van der Waals surface area contributed by atoms with E-state index in [2.05, 4.69) is 49.8 Å². The van der Waals surface area contributed by atoms with Gasteiger partial charge in [0.1, 0.15) is 4.88 Å². The molecule has 2 heterocycles. The fourth-order valence-corrected chi connectivity index (χ4v) is 3.84. The summed E-state index contributed by atoms with van der Waals surface area (Å²) in [5.41, 5.74) is 0.805. The minimum Gasteiger partial charge on any atom is -0.373 e. The van der Waals surface area contributed by atoms with Gasteiger partial charge in [0, 0.05) is 31.6 Å². The van der Waals surface area contributed by atoms with Gasteiger partial charge in [0.05, 0.1) is 22.9 Å². The number of aryl methyl sites for hydroxylation is 1. The van der Waals surface area contributed by atoms with Crippen molar-refractivity contribution in [2.24, 2.45) is 0 Å². The highest BCUT2D eigenvalue weighted by Crippen LogP contribution is 2.29. The third-order valence-corrected chi connectivity index (χ3v) is 5.44. The molecule has 1 aromatic heterocycles. The van der Waals surface area contributed by atoms with Crippen molar-refractivity contribution in [3.63, 3.8) is 0 Å². The molecule has 0 saturated carbocycles. The minimum atomic E-state index is -0.0198. The molecule has 5 nitrogen and oxygen atoms in total. The van der Waals surface area contributed by atoms with Gasteiger partial charge in [0.15, 0.2) is 0 Å². The summed E-state index contributed by atoms with van der Waals surface area (Å²) in [4.78, 5) is 20.0. The maximum atomic E-state index is 12.4. The highest BCUT2D eigenvalue weighted by atomic mass is 32.1. The van der Waals surface area contributed by atoms with E-state index in [1.807, 2.05) is 6.92 Å². The first-order valence-corrected chi connectivity index (χ1v) is 9.12. The molecule has 0 bridgehead atoms. The number of hydrogen-bond acceptors (Lipinski definition) is 5. The van der Waals surface area contributed by atoms with Crippen LogP contribution in [0.3, 0.4) is 0 Å². The first-order valence-electron chi connectivity index (χ1n) is 8.30. The number of amides is 1.